The van der Waals surface area contributed by atoms with Gasteiger partial charge in [-0.1, -0.05) is 26.8 Å². The van der Waals surface area contributed by atoms with Gasteiger partial charge in [0.05, 0.1) is 11.6 Å². The molecule has 0 aliphatic heterocycles. The van der Waals surface area contributed by atoms with Crippen LogP contribution < -0.4 is 10.9 Å². The van der Waals surface area contributed by atoms with E-state index in [1.54, 1.807) is 12.1 Å². The van der Waals surface area contributed by atoms with Gasteiger partial charge in [0.15, 0.2) is 0 Å². The molecule has 0 fully saturated rings. The number of aromatic hydroxyl groups is 1. The molecule has 0 saturated carbocycles. The predicted molar refractivity (Wildman–Crippen MR) is 83.5 cm³/mol. The second kappa shape index (κ2) is 6.28. The van der Waals surface area contributed by atoms with Crippen molar-refractivity contribution in [3.63, 3.8) is 0 Å². The van der Waals surface area contributed by atoms with Gasteiger partial charge in [-0.25, -0.2) is 0 Å². The second-order valence-electron chi connectivity index (χ2n) is 5.57. The molecular formula is C16H22N2O3. The highest BCUT2D eigenvalue weighted by Gasteiger charge is 2.22. The lowest BCUT2D eigenvalue weighted by Gasteiger charge is -2.26. The van der Waals surface area contributed by atoms with E-state index in [-0.39, 0.29) is 23.4 Å². The molecule has 0 saturated heterocycles. The summed E-state index contributed by atoms with van der Waals surface area (Å²) in [6.45, 7) is 6.07. The molecule has 21 heavy (non-hydrogen) atoms. The first-order chi connectivity index (χ1) is 9.93. The molecular weight excluding hydrogens is 268 g/mol. The van der Waals surface area contributed by atoms with E-state index in [1.165, 1.54) is 12.1 Å². The third-order valence-corrected chi connectivity index (χ3v) is 3.59. The van der Waals surface area contributed by atoms with Crippen molar-refractivity contribution in [3.8, 4) is 5.75 Å². The molecule has 2 atom stereocenters. The highest BCUT2D eigenvalue weighted by atomic mass is 16.3. The van der Waals surface area contributed by atoms with Gasteiger partial charge in [0.1, 0.15) is 5.75 Å². The molecule has 0 spiro atoms. The van der Waals surface area contributed by atoms with Gasteiger partial charge in [-0.15, -0.1) is 0 Å². The number of benzene rings is 1. The molecule has 1 aromatic heterocycles. The van der Waals surface area contributed by atoms with Gasteiger partial charge in [-0.3, -0.25) is 4.79 Å². The molecule has 0 amide bonds. The fraction of sp³-hybridized carbons (Fsp3) is 0.438. The molecule has 5 heteroatoms. The smallest absolute Gasteiger partial charge is 0.248 e. The second-order valence-corrected chi connectivity index (χ2v) is 5.57. The van der Waals surface area contributed by atoms with Crippen molar-refractivity contribution in [3.05, 3.63) is 40.2 Å². The Morgan fingerprint density at radius 1 is 1.24 bits per heavy atom. The van der Waals surface area contributed by atoms with E-state index >= 15 is 0 Å². The molecule has 4 N–H and O–H groups in total. The van der Waals surface area contributed by atoms with E-state index in [9.17, 15) is 15.0 Å². The van der Waals surface area contributed by atoms with Crippen molar-refractivity contribution in [2.24, 2.45) is 0 Å². The molecule has 0 radical (unpaired) electrons. The average Bonchev–Trinajstić information content (AvgIpc) is 2.45. The van der Waals surface area contributed by atoms with Crippen LogP contribution >= 0.6 is 0 Å². The largest absolute Gasteiger partial charge is 0.506 e. The van der Waals surface area contributed by atoms with Crippen molar-refractivity contribution in [1.82, 2.24) is 10.3 Å². The zero-order valence-electron chi connectivity index (χ0n) is 12.6. The number of hydrogen-bond donors (Lipinski definition) is 4. The number of nitrogens with one attached hydrogen (secondary N) is 2. The van der Waals surface area contributed by atoms with Crippen LogP contribution in [-0.4, -0.2) is 27.3 Å². The first-order valence-electron chi connectivity index (χ1n) is 7.23. The van der Waals surface area contributed by atoms with E-state index in [1.807, 2.05) is 20.8 Å². The van der Waals surface area contributed by atoms with Gasteiger partial charge in [0, 0.05) is 23.5 Å². The lowest BCUT2D eigenvalue weighted by molar-refractivity contribution is 0.123. The molecule has 1 aromatic carbocycles. The zero-order chi connectivity index (χ0) is 15.6. The molecule has 0 unspecified atom stereocenters. The van der Waals surface area contributed by atoms with E-state index < -0.39 is 6.10 Å². The van der Waals surface area contributed by atoms with Crippen molar-refractivity contribution in [1.29, 1.82) is 0 Å². The number of pyridine rings is 1. The Hall–Kier alpha value is -1.85. The molecule has 114 valence electrons. The van der Waals surface area contributed by atoms with Crippen LogP contribution in [0.25, 0.3) is 10.9 Å². The summed E-state index contributed by atoms with van der Waals surface area (Å²) in [6, 6.07) is 6.39. The highest BCUT2D eigenvalue weighted by molar-refractivity contribution is 5.87. The average molecular weight is 290 g/mol. The summed E-state index contributed by atoms with van der Waals surface area (Å²) in [4.78, 5) is 14.0. The summed E-state index contributed by atoms with van der Waals surface area (Å²) >= 11 is 0. The summed E-state index contributed by atoms with van der Waals surface area (Å²) < 4.78 is 0. The van der Waals surface area contributed by atoms with Crippen molar-refractivity contribution < 1.29 is 10.2 Å². The standard InChI is InChI=1S/C16H22N2O3/c1-4-12(17-9(2)3)16(21)11-5-7-13(19)15-10(11)6-8-14(20)18-15/h5-9,12,16-17,19,21H,4H2,1-3H3,(H,18,20)/t12-,16-/m1/s1. The SMILES string of the molecule is CC[C@@H](NC(C)C)[C@H](O)c1ccc(O)c2[nH]c(=O)ccc12. The van der Waals surface area contributed by atoms with Gasteiger partial charge >= 0.3 is 0 Å². The molecule has 1 heterocycles. The minimum absolute atomic E-state index is 0.00326. The fourth-order valence-corrected chi connectivity index (χ4v) is 2.59. The maximum absolute atomic E-state index is 11.4. The summed E-state index contributed by atoms with van der Waals surface area (Å²) in [5.74, 6) is 0.00326. The fourth-order valence-electron chi connectivity index (χ4n) is 2.59. The molecule has 2 rings (SSSR count). The highest BCUT2D eigenvalue weighted by Crippen LogP contribution is 2.30. The number of fused-ring (bicyclic) bond motifs is 1. The number of aromatic nitrogens is 1. The lowest BCUT2D eigenvalue weighted by Crippen LogP contribution is -2.39. The van der Waals surface area contributed by atoms with Crippen LogP contribution in [0.1, 0.15) is 38.9 Å². The van der Waals surface area contributed by atoms with E-state index in [4.69, 9.17) is 0 Å². The van der Waals surface area contributed by atoms with Crippen LogP contribution in [0, 0.1) is 0 Å². The van der Waals surface area contributed by atoms with Crippen LogP contribution in [0.2, 0.25) is 0 Å². The molecule has 2 aromatic rings. The summed E-state index contributed by atoms with van der Waals surface area (Å²) in [5.41, 5.74) is 0.772. The number of H-pyrrole nitrogens is 1. The number of rotatable bonds is 5. The Balaban J connectivity index is 2.50. The maximum Gasteiger partial charge on any atom is 0.248 e. The molecule has 0 aliphatic rings. The number of phenols is 1. The van der Waals surface area contributed by atoms with Crippen LogP contribution in [0.3, 0.4) is 0 Å². The first kappa shape index (κ1) is 15.5. The zero-order valence-corrected chi connectivity index (χ0v) is 12.6. The number of phenolic OH excluding ortho intramolecular Hbond substituents is 1. The molecule has 0 bridgehead atoms. The van der Waals surface area contributed by atoms with Crippen LogP contribution in [0.15, 0.2) is 29.1 Å². The monoisotopic (exact) mass is 290 g/mol. The van der Waals surface area contributed by atoms with Gasteiger partial charge in [0.25, 0.3) is 0 Å². The van der Waals surface area contributed by atoms with Crippen molar-refractivity contribution >= 4 is 10.9 Å². The Morgan fingerprint density at radius 3 is 2.57 bits per heavy atom. The minimum Gasteiger partial charge on any atom is -0.506 e. The summed E-state index contributed by atoms with van der Waals surface area (Å²) in [6.07, 6.45) is 0.0526. The lowest BCUT2D eigenvalue weighted by atomic mass is 9.95. The van der Waals surface area contributed by atoms with Gasteiger partial charge in [-0.05, 0) is 24.1 Å². The van der Waals surface area contributed by atoms with Crippen LogP contribution in [-0.2, 0) is 0 Å². The topological polar surface area (TPSA) is 85.3 Å². The number of aliphatic hydroxyl groups excluding tert-OH is 1. The van der Waals surface area contributed by atoms with E-state index in [0.29, 0.717) is 16.5 Å². The first-order valence-corrected chi connectivity index (χ1v) is 7.23. The minimum atomic E-state index is -0.716. The van der Waals surface area contributed by atoms with E-state index in [0.717, 1.165) is 6.42 Å². The number of aromatic amines is 1. The predicted octanol–water partition coefficient (Wildman–Crippen LogP) is 2.04. The third kappa shape index (κ3) is 3.25. The quantitative estimate of drug-likeness (QED) is 0.679. The van der Waals surface area contributed by atoms with Crippen molar-refractivity contribution in [2.75, 3.05) is 0 Å². The van der Waals surface area contributed by atoms with Crippen LogP contribution in [0.4, 0.5) is 0 Å². The van der Waals surface area contributed by atoms with Gasteiger partial charge in [0.2, 0.25) is 5.56 Å². The van der Waals surface area contributed by atoms with Crippen molar-refractivity contribution in [2.45, 2.75) is 45.4 Å². The normalized spacial score (nSPS) is 14.5. The third-order valence-electron chi connectivity index (χ3n) is 3.59. The summed E-state index contributed by atoms with van der Waals surface area (Å²) in [7, 11) is 0. The Morgan fingerprint density at radius 2 is 1.95 bits per heavy atom. The summed E-state index contributed by atoms with van der Waals surface area (Å²) in [5, 5.41) is 24.5. The number of hydrogen-bond acceptors (Lipinski definition) is 4. The Bertz CT molecular complexity index is 679. The number of aliphatic hydroxyl groups is 1. The molecule has 0 aliphatic carbocycles. The Labute approximate surface area is 123 Å². The Kier molecular flexibility index (Phi) is 4.65. The maximum atomic E-state index is 11.4. The van der Waals surface area contributed by atoms with Crippen LogP contribution in [0.5, 0.6) is 5.75 Å². The van der Waals surface area contributed by atoms with E-state index in [2.05, 4.69) is 10.3 Å². The van der Waals surface area contributed by atoms with Gasteiger partial charge in [-0.2, -0.15) is 0 Å². The van der Waals surface area contributed by atoms with Gasteiger partial charge < -0.3 is 20.5 Å². The molecule has 5 nitrogen and oxygen atoms in total.